The van der Waals surface area contributed by atoms with Gasteiger partial charge in [0.25, 0.3) is 5.56 Å². The van der Waals surface area contributed by atoms with E-state index < -0.39 is 22.8 Å². The smallest absolute Gasteiger partial charge is 0.313 e. The lowest BCUT2D eigenvalue weighted by atomic mass is 10.0. The minimum Gasteiger partial charge on any atom is -0.313 e. The fourth-order valence-corrected chi connectivity index (χ4v) is 3.36. The predicted molar refractivity (Wildman–Crippen MR) is 117 cm³/mol. The van der Waals surface area contributed by atoms with Crippen molar-refractivity contribution in [3.63, 3.8) is 0 Å². The number of amides is 2. The van der Waals surface area contributed by atoms with Gasteiger partial charge in [0.2, 0.25) is 0 Å². The second kappa shape index (κ2) is 8.35. The van der Waals surface area contributed by atoms with Crippen molar-refractivity contribution in [1.82, 2.24) is 9.97 Å². The van der Waals surface area contributed by atoms with Crippen LogP contribution in [-0.4, -0.2) is 16.0 Å². The molecule has 10 heteroatoms. The summed E-state index contributed by atoms with van der Waals surface area (Å²) in [6, 6.07) is 14.4. The summed E-state index contributed by atoms with van der Waals surface area (Å²) < 4.78 is 39.0. The van der Waals surface area contributed by atoms with Gasteiger partial charge >= 0.3 is 12.2 Å². The van der Waals surface area contributed by atoms with Crippen LogP contribution in [0.2, 0.25) is 5.02 Å². The second-order valence-electron chi connectivity index (χ2n) is 6.82. The second-order valence-corrected chi connectivity index (χ2v) is 7.22. The van der Waals surface area contributed by atoms with Gasteiger partial charge in [0.15, 0.2) is 0 Å². The molecule has 32 heavy (non-hydrogen) atoms. The molecule has 4 rings (SSSR count). The first-order valence-corrected chi connectivity index (χ1v) is 9.61. The zero-order valence-corrected chi connectivity index (χ0v) is 16.9. The number of nitrogens with one attached hydrogen (secondary N) is 3. The first-order chi connectivity index (χ1) is 15.2. The summed E-state index contributed by atoms with van der Waals surface area (Å²) in [5.74, 6) is 0. The first-order valence-electron chi connectivity index (χ1n) is 9.23. The Morgan fingerprint density at radius 2 is 1.66 bits per heavy atom. The molecule has 0 aliphatic carbocycles. The molecule has 3 N–H and O–H groups in total. The van der Waals surface area contributed by atoms with Crippen molar-refractivity contribution in [2.45, 2.75) is 6.18 Å². The fraction of sp³-hybridized carbons (Fsp3) is 0.0455. The van der Waals surface area contributed by atoms with Gasteiger partial charge in [-0.25, -0.2) is 9.78 Å². The number of fused-ring (bicyclic) bond motifs is 1. The molecule has 0 fully saturated rings. The van der Waals surface area contributed by atoms with Gasteiger partial charge < -0.3 is 15.6 Å². The van der Waals surface area contributed by atoms with Gasteiger partial charge in [-0.15, -0.1) is 0 Å². The SMILES string of the molecule is O=C(Nc1cccc(-c2ccc3c(=O)[nH]cnc3c2)c1)Nc1ccc(Cl)c(C(F)(F)F)c1. The van der Waals surface area contributed by atoms with Crippen LogP contribution in [0, 0.1) is 0 Å². The third-order valence-electron chi connectivity index (χ3n) is 4.63. The highest BCUT2D eigenvalue weighted by molar-refractivity contribution is 6.31. The maximum atomic E-state index is 13.0. The quantitative estimate of drug-likeness (QED) is 0.357. The van der Waals surface area contributed by atoms with E-state index in [0.29, 0.717) is 16.6 Å². The largest absolute Gasteiger partial charge is 0.417 e. The summed E-state index contributed by atoms with van der Waals surface area (Å²) >= 11 is 5.60. The molecule has 0 aliphatic rings. The van der Waals surface area contributed by atoms with E-state index in [-0.39, 0.29) is 11.2 Å². The zero-order valence-electron chi connectivity index (χ0n) is 16.1. The molecule has 3 aromatic carbocycles. The predicted octanol–water partition coefficient (Wildman–Crippen LogP) is 5.91. The fourth-order valence-electron chi connectivity index (χ4n) is 3.14. The number of rotatable bonds is 3. The van der Waals surface area contributed by atoms with E-state index in [4.69, 9.17) is 11.6 Å². The highest BCUT2D eigenvalue weighted by Gasteiger charge is 2.33. The number of H-pyrrole nitrogens is 1. The molecule has 0 saturated heterocycles. The van der Waals surface area contributed by atoms with Crippen LogP contribution in [0.5, 0.6) is 0 Å². The van der Waals surface area contributed by atoms with Gasteiger partial charge in [-0.3, -0.25) is 4.79 Å². The van der Waals surface area contributed by atoms with Crippen molar-refractivity contribution in [1.29, 1.82) is 0 Å². The van der Waals surface area contributed by atoms with Crippen molar-refractivity contribution in [2.24, 2.45) is 0 Å². The average Bonchev–Trinajstić information content (AvgIpc) is 2.74. The Hall–Kier alpha value is -3.85. The van der Waals surface area contributed by atoms with Crippen LogP contribution in [0.4, 0.5) is 29.3 Å². The van der Waals surface area contributed by atoms with Gasteiger partial charge in [0.05, 0.1) is 27.8 Å². The van der Waals surface area contributed by atoms with E-state index in [1.165, 1.54) is 12.4 Å². The zero-order chi connectivity index (χ0) is 22.9. The Labute approximate surface area is 184 Å². The molecule has 6 nitrogen and oxygen atoms in total. The minimum absolute atomic E-state index is 0.0544. The molecule has 162 valence electrons. The van der Waals surface area contributed by atoms with Crippen molar-refractivity contribution in [3.05, 3.63) is 87.9 Å². The molecule has 1 aromatic heterocycles. The van der Waals surface area contributed by atoms with E-state index in [9.17, 15) is 22.8 Å². The van der Waals surface area contributed by atoms with Crippen LogP contribution in [0.25, 0.3) is 22.0 Å². The number of hydrogen-bond donors (Lipinski definition) is 3. The number of urea groups is 1. The Bertz CT molecular complexity index is 1390. The maximum Gasteiger partial charge on any atom is 0.417 e. The van der Waals surface area contributed by atoms with Crippen LogP contribution in [0.15, 0.2) is 71.8 Å². The Balaban J connectivity index is 1.53. The van der Waals surface area contributed by atoms with Crippen LogP contribution in [-0.2, 0) is 6.18 Å². The number of benzene rings is 3. The molecule has 0 unspecified atom stereocenters. The van der Waals surface area contributed by atoms with E-state index >= 15 is 0 Å². The number of carbonyl (C=O) groups is 1. The lowest BCUT2D eigenvalue weighted by Crippen LogP contribution is -2.20. The summed E-state index contributed by atoms with van der Waals surface area (Å²) in [5, 5.41) is 4.94. The molecule has 2 amide bonds. The van der Waals surface area contributed by atoms with Crippen LogP contribution in [0.1, 0.15) is 5.56 Å². The highest BCUT2D eigenvalue weighted by Crippen LogP contribution is 2.36. The number of anilines is 2. The van der Waals surface area contributed by atoms with Crippen LogP contribution < -0.4 is 16.2 Å². The summed E-state index contributed by atoms with van der Waals surface area (Å²) in [6.07, 6.45) is -3.32. The number of alkyl halides is 3. The van der Waals surface area contributed by atoms with Gasteiger partial charge in [-0.1, -0.05) is 29.8 Å². The highest BCUT2D eigenvalue weighted by atomic mass is 35.5. The minimum atomic E-state index is -4.64. The monoisotopic (exact) mass is 458 g/mol. The van der Waals surface area contributed by atoms with Gasteiger partial charge in [-0.05, 0) is 53.6 Å². The van der Waals surface area contributed by atoms with E-state index in [1.807, 2.05) is 6.07 Å². The molecule has 0 spiro atoms. The van der Waals surface area contributed by atoms with Gasteiger partial charge in [-0.2, -0.15) is 13.2 Å². The molecule has 1 heterocycles. The van der Waals surface area contributed by atoms with Crippen molar-refractivity contribution >= 4 is 39.9 Å². The van der Waals surface area contributed by atoms with Crippen molar-refractivity contribution in [3.8, 4) is 11.1 Å². The summed E-state index contributed by atoms with van der Waals surface area (Å²) in [4.78, 5) is 30.8. The van der Waals surface area contributed by atoms with Crippen LogP contribution in [0.3, 0.4) is 0 Å². The number of nitrogens with zero attached hydrogens (tertiary/aromatic N) is 1. The molecule has 0 aliphatic heterocycles. The lowest BCUT2D eigenvalue weighted by molar-refractivity contribution is -0.137. The average molecular weight is 459 g/mol. The van der Waals surface area contributed by atoms with Crippen molar-refractivity contribution in [2.75, 3.05) is 10.6 Å². The summed E-state index contributed by atoms with van der Waals surface area (Å²) in [6.45, 7) is 0. The first kappa shape index (κ1) is 21.4. The van der Waals surface area contributed by atoms with Gasteiger partial charge in [0.1, 0.15) is 0 Å². The van der Waals surface area contributed by atoms with E-state index in [0.717, 1.165) is 23.3 Å². The van der Waals surface area contributed by atoms with E-state index in [1.54, 1.807) is 36.4 Å². The molecular weight excluding hydrogens is 445 g/mol. The number of hydrogen-bond acceptors (Lipinski definition) is 3. The van der Waals surface area contributed by atoms with E-state index in [2.05, 4.69) is 20.6 Å². The third-order valence-corrected chi connectivity index (χ3v) is 4.95. The molecular formula is C22H14ClF3N4O2. The number of aromatic amines is 1. The Morgan fingerprint density at radius 1 is 0.938 bits per heavy atom. The molecule has 0 radical (unpaired) electrons. The third kappa shape index (κ3) is 4.57. The maximum absolute atomic E-state index is 13.0. The normalized spacial score (nSPS) is 11.4. The number of aromatic nitrogens is 2. The molecule has 4 aromatic rings. The topological polar surface area (TPSA) is 86.9 Å². The summed E-state index contributed by atoms with van der Waals surface area (Å²) in [7, 11) is 0. The Morgan fingerprint density at radius 3 is 2.41 bits per heavy atom. The standard InChI is InChI=1S/C22H14ClF3N4O2/c23-18-7-5-15(10-17(18)22(24,25)26)30-21(32)29-14-3-1-2-12(8-14)13-4-6-16-19(9-13)27-11-28-20(16)31/h1-11H,(H,27,28,31)(H2,29,30,32). The van der Waals surface area contributed by atoms with Crippen molar-refractivity contribution < 1.29 is 18.0 Å². The number of halogens is 4. The molecule has 0 atom stereocenters. The number of carbonyl (C=O) groups excluding carboxylic acids is 1. The Kier molecular flexibility index (Phi) is 5.58. The molecule has 0 bridgehead atoms. The lowest BCUT2D eigenvalue weighted by Gasteiger charge is -2.13. The summed E-state index contributed by atoms with van der Waals surface area (Å²) in [5.41, 5.74) is 1.12. The van der Waals surface area contributed by atoms with Crippen LogP contribution >= 0.6 is 11.6 Å². The van der Waals surface area contributed by atoms with Gasteiger partial charge in [0, 0.05) is 11.4 Å². The molecule has 0 saturated carbocycles.